The van der Waals surface area contributed by atoms with Crippen molar-refractivity contribution in [3.8, 4) is 12.3 Å². The first-order valence-corrected chi connectivity index (χ1v) is 9.99. The number of hydrogen-bond donors (Lipinski definition) is 0. The minimum absolute atomic E-state index is 0.0906. The molecule has 0 aliphatic carbocycles. The molecule has 1 aliphatic heterocycles. The number of benzene rings is 2. The van der Waals surface area contributed by atoms with E-state index in [0.717, 1.165) is 16.5 Å². The molecule has 0 radical (unpaired) electrons. The molecule has 1 amide bonds. The molecule has 3 aromatic rings. The molecule has 0 spiro atoms. The van der Waals surface area contributed by atoms with Crippen LogP contribution in [0, 0.1) is 18.2 Å². The molecule has 144 valence electrons. The van der Waals surface area contributed by atoms with Gasteiger partial charge in [-0.3, -0.25) is 9.69 Å². The van der Waals surface area contributed by atoms with Crippen molar-refractivity contribution in [2.45, 2.75) is 13.5 Å². The molecular formula is C23H18FN3OS. The molecule has 2 aromatic carbocycles. The maximum absolute atomic E-state index is 13.2. The van der Waals surface area contributed by atoms with Gasteiger partial charge in [0.25, 0.3) is 5.91 Å². The lowest BCUT2D eigenvalue weighted by Crippen LogP contribution is -2.28. The number of aliphatic imine (C=N–C) groups is 1. The maximum Gasteiger partial charge on any atom is 0.266 e. The first kappa shape index (κ1) is 19.0. The first-order chi connectivity index (χ1) is 14.1. The number of amides is 1. The molecule has 1 fully saturated rings. The molecule has 1 aromatic heterocycles. The summed E-state index contributed by atoms with van der Waals surface area (Å²) in [7, 11) is 0. The minimum atomic E-state index is -0.319. The number of terminal acetylenes is 1. The lowest BCUT2D eigenvalue weighted by molar-refractivity contribution is -0.122. The molecule has 0 N–H and O–H groups in total. The Bertz CT molecular complexity index is 1190. The van der Waals surface area contributed by atoms with E-state index in [9.17, 15) is 9.18 Å². The first-order valence-electron chi connectivity index (χ1n) is 9.17. The lowest BCUT2D eigenvalue weighted by atomic mass is 10.1. The average molecular weight is 403 g/mol. The maximum atomic E-state index is 13.2. The molecule has 0 unspecified atom stereocenters. The number of para-hydroxylation sites is 1. The Labute approximate surface area is 172 Å². The average Bonchev–Trinajstić information content (AvgIpc) is 3.22. The van der Waals surface area contributed by atoms with Gasteiger partial charge in [-0.25, -0.2) is 9.38 Å². The highest BCUT2D eigenvalue weighted by Crippen LogP contribution is 2.35. The predicted molar refractivity (Wildman–Crippen MR) is 117 cm³/mol. The molecule has 1 aliphatic rings. The van der Waals surface area contributed by atoms with Crippen LogP contribution in [-0.4, -0.2) is 27.1 Å². The van der Waals surface area contributed by atoms with Gasteiger partial charge in [-0.1, -0.05) is 24.1 Å². The predicted octanol–water partition coefficient (Wildman–Crippen LogP) is 5.04. The minimum Gasteiger partial charge on any atom is -0.335 e. The van der Waals surface area contributed by atoms with Gasteiger partial charge in [0, 0.05) is 29.2 Å². The van der Waals surface area contributed by atoms with Gasteiger partial charge in [0.1, 0.15) is 5.82 Å². The smallest absolute Gasteiger partial charge is 0.266 e. The highest BCUT2D eigenvalue weighted by molar-refractivity contribution is 8.18. The lowest BCUT2D eigenvalue weighted by Gasteiger charge is -2.11. The highest BCUT2D eigenvalue weighted by Gasteiger charge is 2.32. The van der Waals surface area contributed by atoms with Gasteiger partial charge in [-0.15, -0.1) is 6.42 Å². The van der Waals surface area contributed by atoms with Gasteiger partial charge in [0.05, 0.1) is 17.1 Å². The monoisotopic (exact) mass is 403 g/mol. The van der Waals surface area contributed by atoms with E-state index in [1.807, 2.05) is 48.0 Å². The Morgan fingerprint density at radius 3 is 2.69 bits per heavy atom. The number of halogens is 1. The summed E-state index contributed by atoms with van der Waals surface area (Å²) < 4.78 is 15.1. The molecule has 1 saturated heterocycles. The molecule has 0 saturated carbocycles. The van der Waals surface area contributed by atoms with Crippen LogP contribution in [0.25, 0.3) is 17.0 Å². The van der Waals surface area contributed by atoms with Crippen molar-refractivity contribution in [2.75, 3.05) is 6.54 Å². The Balaban J connectivity index is 1.73. The van der Waals surface area contributed by atoms with E-state index in [2.05, 4.69) is 10.9 Å². The summed E-state index contributed by atoms with van der Waals surface area (Å²) in [6, 6.07) is 13.9. The summed E-state index contributed by atoms with van der Waals surface area (Å²) in [5, 5.41) is 1.62. The third kappa shape index (κ3) is 3.69. The normalized spacial score (nSPS) is 16.9. The van der Waals surface area contributed by atoms with Crippen molar-refractivity contribution in [1.29, 1.82) is 0 Å². The summed E-state index contributed by atoms with van der Waals surface area (Å²) in [5.74, 6) is 2.25. The number of carbonyl (C=O) groups excluding carboxylic acids is 1. The van der Waals surface area contributed by atoms with Gasteiger partial charge >= 0.3 is 0 Å². The van der Waals surface area contributed by atoms with Crippen LogP contribution in [0.3, 0.4) is 0 Å². The highest BCUT2D eigenvalue weighted by atomic mass is 32.2. The number of nitrogens with zero attached hydrogens (tertiary/aromatic N) is 3. The fourth-order valence-electron chi connectivity index (χ4n) is 3.26. The quantitative estimate of drug-likeness (QED) is 0.452. The van der Waals surface area contributed by atoms with Crippen LogP contribution in [-0.2, 0) is 11.3 Å². The summed E-state index contributed by atoms with van der Waals surface area (Å²) in [4.78, 5) is 19.7. The summed E-state index contributed by atoms with van der Waals surface area (Å²) in [6.45, 7) is 2.87. The van der Waals surface area contributed by atoms with Crippen molar-refractivity contribution < 1.29 is 9.18 Å². The third-order valence-electron chi connectivity index (χ3n) is 4.62. The Morgan fingerprint density at radius 2 is 1.97 bits per heavy atom. The van der Waals surface area contributed by atoms with Crippen molar-refractivity contribution >= 4 is 45.5 Å². The Hall–Kier alpha value is -3.30. The zero-order valence-electron chi connectivity index (χ0n) is 15.8. The molecule has 4 nitrogen and oxygen atoms in total. The van der Waals surface area contributed by atoms with E-state index in [0.29, 0.717) is 28.8 Å². The van der Waals surface area contributed by atoms with Crippen molar-refractivity contribution in [2.24, 2.45) is 4.99 Å². The summed E-state index contributed by atoms with van der Waals surface area (Å²) in [6.07, 6.45) is 9.35. The van der Waals surface area contributed by atoms with E-state index in [1.165, 1.54) is 23.9 Å². The third-order valence-corrected chi connectivity index (χ3v) is 5.63. The van der Waals surface area contributed by atoms with Crippen LogP contribution in [0.4, 0.5) is 10.1 Å². The van der Waals surface area contributed by atoms with Crippen LogP contribution in [0.1, 0.15) is 12.5 Å². The summed E-state index contributed by atoms with van der Waals surface area (Å²) in [5.41, 5.74) is 2.57. The largest absolute Gasteiger partial charge is 0.335 e. The molecule has 29 heavy (non-hydrogen) atoms. The number of carbonyl (C=O) groups is 1. The second-order valence-corrected chi connectivity index (χ2v) is 7.47. The van der Waals surface area contributed by atoms with Crippen LogP contribution in [0.15, 0.2) is 64.6 Å². The van der Waals surface area contributed by atoms with Crippen LogP contribution in [0.2, 0.25) is 0 Å². The number of rotatable bonds is 4. The molecule has 2 heterocycles. The molecule has 0 bridgehead atoms. The van der Waals surface area contributed by atoms with Gasteiger partial charge < -0.3 is 4.57 Å². The summed E-state index contributed by atoms with van der Waals surface area (Å²) >= 11 is 1.32. The van der Waals surface area contributed by atoms with Crippen molar-refractivity contribution in [3.05, 3.63) is 71.0 Å². The fraction of sp³-hybridized carbons (Fsp3) is 0.130. The number of thioether (sulfide) groups is 1. The van der Waals surface area contributed by atoms with Gasteiger partial charge in [-0.2, -0.15) is 0 Å². The SMILES string of the molecule is C#CCn1cc(/C=C2/SC(=Nc3ccc(F)cc3)N(CC)C2=O)c2ccccc21. The number of fused-ring (bicyclic) bond motifs is 1. The second-order valence-electron chi connectivity index (χ2n) is 6.46. The van der Waals surface area contributed by atoms with E-state index < -0.39 is 0 Å². The van der Waals surface area contributed by atoms with Crippen molar-refractivity contribution in [1.82, 2.24) is 9.47 Å². The van der Waals surface area contributed by atoms with Gasteiger partial charge in [-0.05, 0) is 55.1 Å². The van der Waals surface area contributed by atoms with Crippen LogP contribution >= 0.6 is 11.8 Å². The Morgan fingerprint density at radius 1 is 1.21 bits per heavy atom. The van der Waals surface area contributed by atoms with E-state index >= 15 is 0 Å². The molecule has 0 atom stereocenters. The number of hydrogen-bond acceptors (Lipinski definition) is 3. The second kappa shape index (κ2) is 7.98. The van der Waals surface area contributed by atoms with E-state index in [-0.39, 0.29) is 11.7 Å². The van der Waals surface area contributed by atoms with Gasteiger partial charge in [0.15, 0.2) is 5.17 Å². The zero-order valence-corrected chi connectivity index (χ0v) is 16.6. The fourth-order valence-corrected chi connectivity index (χ4v) is 4.31. The van der Waals surface area contributed by atoms with E-state index in [1.54, 1.807) is 17.0 Å². The standard InChI is InChI=1S/C23H18FN3OS/c1-3-13-26-15-16(19-7-5-6-8-20(19)26)14-21-22(28)27(4-2)23(29-21)25-18-11-9-17(24)10-12-18/h1,5-12,14-15H,4,13H2,2H3/b21-14+,25-23?. The van der Waals surface area contributed by atoms with Crippen LogP contribution in [0.5, 0.6) is 0 Å². The van der Waals surface area contributed by atoms with Crippen molar-refractivity contribution in [3.63, 3.8) is 0 Å². The topological polar surface area (TPSA) is 37.6 Å². The van der Waals surface area contributed by atoms with E-state index in [4.69, 9.17) is 6.42 Å². The molecule has 6 heteroatoms. The molecule has 4 rings (SSSR count). The zero-order chi connectivity index (χ0) is 20.4. The number of aromatic nitrogens is 1. The van der Waals surface area contributed by atoms with Crippen LogP contribution < -0.4 is 0 Å². The van der Waals surface area contributed by atoms with Gasteiger partial charge in [0.2, 0.25) is 0 Å². The number of likely N-dealkylation sites (N-methyl/N-ethyl adjacent to an activating group) is 1. The Kier molecular flexibility index (Phi) is 5.24. The number of amidine groups is 1. The molecular weight excluding hydrogens is 385 g/mol.